The lowest BCUT2D eigenvalue weighted by atomic mass is 10.1. The van der Waals surface area contributed by atoms with E-state index in [0.717, 1.165) is 24.2 Å². The lowest BCUT2D eigenvalue weighted by molar-refractivity contribution is -0.122. The van der Waals surface area contributed by atoms with Crippen molar-refractivity contribution in [2.24, 2.45) is 0 Å². The molecular weight excluding hydrogens is 232 g/mol. The Kier molecular flexibility index (Phi) is 4.17. The van der Waals surface area contributed by atoms with E-state index in [0.29, 0.717) is 12.3 Å². The standard InChI is InChI=1S/C13H18N2O3/c1-9-13(17)15-11-7-10(3-4-12(11)18-9)8-14-5-2-6-16/h3-4,7,9,14,16H,2,5-6,8H2,1H3,(H,15,17). The monoisotopic (exact) mass is 250 g/mol. The van der Waals surface area contributed by atoms with Gasteiger partial charge in [-0.05, 0) is 37.6 Å². The minimum Gasteiger partial charge on any atom is -0.479 e. The van der Waals surface area contributed by atoms with Crippen molar-refractivity contribution in [3.63, 3.8) is 0 Å². The van der Waals surface area contributed by atoms with Gasteiger partial charge < -0.3 is 20.5 Å². The molecule has 0 aromatic heterocycles. The molecule has 1 aromatic rings. The number of anilines is 1. The highest BCUT2D eigenvalue weighted by molar-refractivity contribution is 5.97. The first-order valence-electron chi connectivity index (χ1n) is 6.12. The molecule has 5 nitrogen and oxygen atoms in total. The van der Waals surface area contributed by atoms with Crippen molar-refractivity contribution in [3.05, 3.63) is 23.8 Å². The van der Waals surface area contributed by atoms with Crippen molar-refractivity contribution in [1.82, 2.24) is 5.32 Å². The average Bonchev–Trinajstić information content (AvgIpc) is 2.36. The predicted molar refractivity (Wildman–Crippen MR) is 68.6 cm³/mol. The fourth-order valence-corrected chi connectivity index (χ4v) is 1.80. The van der Waals surface area contributed by atoms with Crippen LogP contribution in [0.1, 0.15) is 18.9 Å². The molecule has 0 saturated heterocycles. The molecule has 0 radical (unpaired) electrons. The zero-order valence-corrected chi connectivity index (χ0v) is 10.4. The quantitative estimate of drug-likeness (QED) is 0.678. The van der Waals surface area contributed by atoms with E-state index in [1.165, 1.54) is 0 Å². The summed E-state index contributed by atoms with van der Waals surface area (Å²) in [7, 11) is 0. The largest absolute Gasteiger partial charge is 0.479 e. The lowest BCUT2D eigenvalue weighted by Gasteiger charge is -2.23. The number of nitrogens with one attached hydrogen (secondary N) is 2. The summed E-state index contributed by atoms with van der Waals surface area (Å²) in [6, 6.07) is 5.74. The van der Waals surface area contributed by atoms with Crippen molar-refractivity contribution in [3.8, 4) is 5.75 Å². The number of aliphatic hydroxyl groups excluding tert-OH is 1. The maximum Gasteiger partial charge on any atom is 0.265 e. The van der Waals surface area contributed by atoms with Crippen LogP contribution in [0.15, 0.2) is 18.2 Å². The Bertz CT molecular complexity index is 434. The zero-order chi connectivity index (χ0) is 13.0. The van der Waals surface area contributed by atoms with Crippen LogP contribution in [0.3, 0.4) is 0 Å². The van der Waals surface area contributed by atoms with Gasteiger partial charge in [-0.1, -0.05) is 6.07 Å². The van der Waals surface area contributed by atoms with Crippen LogP contribution in [0.4, 0.5) is 5.69 Å². The maximum atomic E-state index is 11.5. The summed E-state index contributed by atoms with van der Waals surface area (Å²) in [6.07, 6.45) is 0.300. The Morgan fingerprint density at radius 2 is 2.33 bits per heavy atom. The fraction of sp³-hybridized carbons (Fsp3) is 0.462. The van der Waals surface area contributed by atoms with Crippen molar-refractivity contribution in [1.29, 1.82) is 0 Å². The number of hydrogen-bond acceptors (Lipinski definition) is 4. The van der Waals surface area contributed by atoms with Gasteiger partial charge in [-0.15, -0.1) is 0 Å². The van der Waals surface area contributed by atoms with Crippen LogP contribution in [0.5, 0.6) is 5.75 Å². The van der Waals surface area contributed by atoms with Gasteiger partial charge in [-0.25, -0.2) is 0 Å². The third-order valence-electron chi connectivity index (χ3n) is 2.82. The lowest BCUT2D eigenvalue weighted by Crippen LogP contribution is -2.34. The molecular formula is C13H18N2O3. The van der Waals surface area contributed by atoms with Gasteiger partial charge in [0.1, 0.15) is 5.75 Å². The molecule has 2 rings (SSSR count). The first-order valence-corrected chi connectivity index (χ1v) is 6.12. The van der Waals surface area contributed by atoms with Crippen LogP contribution in [-0.4, -0.2) is 30.3 Å². The van der Waals surface area contributed by atoms with E-state index in [-0.39, 0.29) is 12.5 Å². The van der Waals surface area contributed by atoms with Crippen molar-refractivity contribution >= 4 is 11.6 Å². The number of carbonyl (C=O) groups is 1. The smallest absolute Gasteiger partial charge is 0.265 e. The molecule has 5 heteroatoms. The third-order valence-corrected chi connectivity index (χ3v) is 2.82. The Balaban J connectivity index is 1.99. The molecule has 1 atom stereocenters. The van der Waals surface area contributed by atoms with Gasteiger partial charge in [0.25, 0.3) is 5.91 Å². The maximum absolute atomic E-state index is 11.5. The number of benzene rings is 1. The molecule has 0 bridgehead atoms. The number of hydrogen-bond donors (Lipinski definition) is 3. The van der Waals surface area contributed by atoms with E-state index in [1.54, 1.807) is 6.92 Å². The first kappa shape index (κ1) is 12.9. The SMILES string of the molecule is CC1Oc2ccc(CNCCCO)cc2NC1=O. The molecule has 98 valence electrons. The van der Waals surface area contributed by atoms with E-state index >= 15 is 0 Å². The van der Waals surface area contributed by atoms with Gasteiger partial charge in [0.2, 0.25) is 0 Å². The Morgan fingerprint density at radius 3 is 3.11 bits per heavy atom. The predicted octanol–water partition coefficient (Wildman–Crippen LogP) is 0.878. The second-order valence-corrected chi connectivity index (χ2v) is 4.33. The highest BCUT2D eigenvalue weighted by Gasteiger charge is 2.23. The zero-order valence-electron chi connectivity index (χ0n) is 10.4. The van der Waals surface area contributed by atoms with Crippen molar-refractivity contribution in [2.75, 3.05) is 18.5 Å². The summed E-state index contributed by atoms with van der Waals surface area (Å²) in [5, 5.41) is 14.7. The Hall–Kier alpha value is -1.59. The molecule has 1 aliphatic rings. The summed E-state index contributed by atoms with van der Waals surface area (Å²) < 4.78 is 5.48. The Morgan fingerprint density at radius 1 is 1.50 bits per heavy atom. The average molecular weight is 250 g/mol. The molecule has 0 saturated carbocycles. The van der Waals surface area contributed by atoms with Gasteiger partial charge in [0, 0.05) is 13.2 Å². The van der Waals surface area contributed by atoms with Gasteiger partial charge in [-0.2, -0.15) is 0 Å². The first-order chi connectivity index (χ1) is 8.70. The molecule has 0 spiro atoms. The highest BCUT2D eigenvalue weighted by Crippen LogP contribution is 2.30. The summed E-state index contributed by atoms with van der Waals surface area (Å²) in [4.78, 5) is 11.5. The summed E-state index contributed by atoms with van der Waals surface area (Å²) in [5.74, 6) is 0.592. The number of carbonyl (C=O) groups excluding carboxylic acids is 1. The van der Waals surface area contributed by atoms with Gasteiger partial charge in [0.05, 0.1) is 5.69 Å². The van der Waals surface area contributed by atoms with Crippen LogP contribution in [-0.2, 0) is 11.3 Å². The normalized spacial score (nSPS) is 17.9. The van der Waals surface area contributed by atoms with Gasteiger partial charge in [0.15, 0.2) is 6.10 Å². The number of ether oxygens (including phenoxy) is 1. The van der Waals surface area contributed by atoms with Gasteiger partial charge >= 0.3 is 0 Å². The number of rotatable bonds is 5. The van der Waals surface area contributed by atoms with Crippen LogP contribution in [0.25, 0.3) is 0 Å². The van der Waals surface area contributed by atoms with E-state index in [4.69, 9.17) is 9.84 Å². The molecule has 0 fully saturated rings. The fourth-order valence-electron chi connectivity index (χ4n) is 1.80. The minimum atomic E-state index is -0.439. The van der Waals surface area contributed by atoms with E-state index < -0.39 is 6.10 Å². The second-order valence-electron chi connectivity index (χ2n) is 4.33. The van der Waals surface area contributed by atoms with Crippen molar-refractivity contribution in [2.45, 2.75) is 26.0 Å². The second kappa shape index (κ2) is 5.84. The number of amides is 1. The molecule has 18 heavy (non-hydrogen) atoms. The number of fused-ring (bicyclic) bond motifs is 1. The summed E-state index contributed by atoms with van der Waals surface area (Å²) in [5.41, 5.74) is 1.80. The Labute approximate surface area is 106 Å². The van der Waals surface area contributed by atoms with Crippen molar-refractivity contribution < 1.29 is 14.6 Å². The molecule has 0 aliphatic carbocycles. The van der Waals surface area contributed by atoms with Crippen LogP contribution in [0, 0.1) is 0 Å². The molecule has 1 aliphatic heterocycles. The summed E-state index contributed by atoms with van der Waals surface area (Å²) in [6.45, 7) is 3.40. The van der Waals surface area contributed by atoms with Crippen LogP contribution in [0.2, 0.25) is 0 Å². The molecule has 1 aromatic carbocycles. The van der Waals surface area contributed by atoms with E-state index in [2.05, 4.69) is 10.6 Å². The topological polar surface area (TPSA) is 70.6 Å². The number of aliphatic hydroxyl groups is 1. The minimum absolute atomic E-state index is 0.118. The van der Waals surface area contributed by atoms with E-state index in [1.807, 2.05) is 18.2 Å². The van der Waals surface area contributed by atoms with E-state index in [9.17, 15) is 4.79 Å². The van der Waals surface area contributed by atoms with Gasteiger partial charge in [-0.3, -0.25) is 4.79 Å². The molecule has 1 unspecified atom stereocenters. The third kappa shape index (κ3) is 3.00. The van der Waals surface area contributed by atoms with Crippen LogP contribution >= 0.6 is 0 Å². The van der Waals surface area contributed by atoms with Crippen LogP contribution < -0.4 is 15.4 Å². The molecule has 1 heterocycles. The summed E-state index contributed by atoms with van der Waals surface area (Å²) >= 11 is 0. The molecule has 1 amide bonds. The highest BCUT2D eigenvalue weighted by atomic mass is 16.5. The molecule has 3 N–H and O–H groups in total.